The maximum absolute atomic E-state index is 11.9. The summed E-state index contributed by atoms with van der Waals surface area (Å²) in [4.78, 5) is 13.2. The number of carbonyl (C=O) groups excluding carboxylic acids is 1. The molecule has 0 aliphatic heterocycles. The van der Waals surface area contributed by atoms with Gasteiger partial charge in [0.25, 0.3) is 0 Å². The highest BCUT2D eigenvalue weighted by molar-refractivity contribution is 5.74. The summed E-state index contributed by atoms with van der Waals surface area (Å²) >= 11 is 0. The molecule has 1 heterocycles. The molecule has 1 aromatic rings. The van der Waals surface area contributed by atoms with Gasteiger partial charge in [0.05, 0.1) is 0 Å². The molecular formula is C7H4F3NO. The van der Waals surface area contributed by atoms with Gasteiger partial charge in [-0.1, -0.05) is 0 Å². The van der Waals surface area contributed by atoms with E-state index in [4.69, 9.17) is 0 Å². The van der Waals surface area contributed by atoms with Gasteiger partial charge in [-0.25, -0.2) is 0 Å². The smallest absolute Gasteiger partial charge is 0.298 e. The maximum atomic E-state index is 11.9. The third-order valence-corrected chi connectivity index (χ3v) is 1.21. The Morgan fingerprint density at radius 2 is 2.08 bits per heavy atom. The molecule has 0 aromatic carbocycles. The molecule has 0 N–H and O–H groups in total. The average Bonchev–Trinajstić information content (AvgIpc) is 2.03. The first-order chi connectivity index (χ1) is 5.54. The Morgan fingerprint density at radius 1 is 1.42 bits per heavy atom. The average molecular weight is 175 g/mol. The molecule has 0 radical (unpaired) electrons. The standard InChI is InChI=1S/C7H4F3NO/c8-7(9,10)6-3-5(4-12)1-2-11-6/h1-4H. The first kappa shape index (κ1) is 8.70. The van der Waals surface area contributed by atoms with Crippen molar-refractivity contribution in [2.75, 3.05) is 0 Å². The largest absolute Gasteiger partial charge is 0.433 e. The van der Waals surface area contributed by atoms with Crippen molar-refractivity contribution in [1.82, 2.24) is 4.98 Å². The van der Waals surface area contributed by atoms with E-state index >= 15 is 0 Å². The molecule has 0 bridgehead atoms. The van der Waals surface area contributed by atoms with Crippen molar-refractivity contribution in [3.05, 3.63) is 29.6 Å². The van der Waals surface area contributed by atoms with E-state index in [-0.39, 0.29) is 5.56 Å². The van der Waals surface area contributed by atoms with E-state index < -0.39 is 11.9 Å². The quantitative estimate of drug-likeness (QED) is 0.610. The van der Waals surface area contributed by atoms with Gasteiger partial charge in [0.1, 0.15) is 12.0 Å². The van der Waals surface area contributed by atoms with Crippen molar-refractivity contribution < 1.29 is 18.0 Å². The third kappa shape index (κ3) is 1.81. The number of nitrogens with zero attached hydrogens (tertiary/aromatic N) is 1. The minimum Gasteiger partial charge on any atom is -0.298 e. The number of hydrogen-bond acceptors (Lipinski definition) is 2. The molecule has 0 spiro atoms. The van der Waals surface area contributed by atoms with Crippen LogP contribution in [0.5, 0.6) is 0 Å². The lowest BCUT2D eigenvalue weighted by Crippen LogP contribution is -2.07. The van der Waals surface area contributed by atoms with Crippen LogP contribution in [-0.4, -0.2) is 11.3 Å². The summed E-state index contributed by atoms with van der Waals surface area (Å²) in [5.41, 5.74) is -1.08. The number of alkyl halides is 3. The van der Waals surface area contributed by atoms with Gasteiger partial charge in [-0.2, -0.15) is 13.2 Å². The first-order valence-electron chi connectivity index (χ1n) is 3.02. The first-order valence-corrected chi connectivity index (χ1v) is 3.02. The zero-order valence-corrected chi connectivity index (χ0v) is 5.80. The minimum atomic E-state index is -4.49. The molecule has 0 saturated heterocycles. The van der Waals surface area contributed by atoms with Gasteiger partial charge in [-0.15, -0.1) is 0 Å². The molecule has 1 rings (SSSR count). The van der Waals surface area contributed by atoms with E-state index in [2.05, 4.69) is 4.98 Å². The Balaban J connectivity index is 3.10. The van der Waals surface area contributed by atoms with Crippen LogP contribution in [0.3, 0.4) is 0 Å². The summed E-state index contributed by atoms with van der Waals surface area (Å²) in [5, 5.41) is 0. The third-order valence-electron chi connectivity index (χ3n) is 1.21. The highest BCUT2D eigenvalue weighted by Gasteiger charge is 2.32. The molecule has 12 heavy (non-hydrogen) atoms. The van der Waals surface area contributed by atoms with Crippen LogP contribution in [0.4, 0.5) is 13.2 Å². The fraction of sp³-hybridized carbons (Fsp3) is 0.143. The van der Waals surface area contributed by atoms with Crippen LogP contribution in [-0.2, 0) is 6.18 Å². The molecule has 0 atom stereocenters. The van der Waals surface area contributed by atoms with Crippen molar-refractivity contribution in [3.8, 4) is 0 Å². The highest BCUT2D eigenvalue weighted by atomic mass is 19.4. The van der Waals surface area contributed by atoms with Crippen molar-refractivity contribution >= 4 is 6.29 Å². The molecule has 64 valence electrons. The highest BCUT2D eigenvalue weighted by Crippen LogP contribution is 2.27. The number of rotatable bonds is 1. The van der Waals surface area contributed by atoms with Crippen LogP contribution in [0, 0.1) is 0 Å². The van der Waals surface area contributed by atoms with Crippen molar-refractivity contribution in [1.29, 1.82) is 0 Å². The van der Waals surface area contributed by atoms with Gasteiger partial charge in [-0.3, -0.25) is 9.78 Å². The molecule has 0 saturated carbocycles. The minimum absolute atomic E-state index is 0.0303. The number of carbonyl (C=O) groups is 1. The Morgan fingerprint density at radius 3 is 2.58 bits per heavy atom. The molecule has 1 aromatic heterocycles. The van der Waals surface area contributed by atoms with E-state index in [0.717, 1.165) is 6.20 Å². The van der Waals surface area contributed by atoms with Gasteiger partial charge in [0.15, 0.2) is 0 Å². The molecule has 0 unspecified atom stereocenters. The van der Waals surface area contributed by atoms with Crippen LogP contribution < -0.4 is 0 Å². The van der Waals surface area contributed by atoms with Gasteiger partial charge in [-0.05, 0) is 12.1 Å². The fourth-order valence-corrected chi connectivity index (χ4v) is 0.675. The normalized spacial score (nSPS) is 11.2. The van der Waals surface area contributed by atoms with E-state index in [0.29, 0.717) is 12.4 Å². The van der Waals surface area contributed by atoms with Crippen LogP contribution in [0.2, 0.25) is 0 Å². The zero-order valence-electron chi connectivity index (χ0n) is 5.80. The van der Waals surface area contributed by atoms with E-state index in [1.165, 1.54) is 6.07 Å². The van der Waals surface area contributed by atoms with Gasteiger partial charge < -0.3 is 0 Å². The zero-order chi connectivity index (χ0) is 9.19. The molecule has 0 aliphatic carbocycles. The monoisotopic (exact) mass is 175 g/mol. The number of aldehydes is 1. The Kier molecular flexibility index (Phi) is 2.12. The maximum Gasteiger partial charge on any atom is 0.433 e. The number of pyridine rings is 1. The Labute approximate surface area is 66.0 Å². The second-order valence-electron chi connectivity index (χ2n) is 2.09. The predicted octanol–water partition coefficient (Wildman–Crippen LogP) is 1.91. The second-order valence-corrected chi connectivity index (χ2v) is 2.09. The number of halogens is 3. The SMILES string of the molecule is O=Cc1ccnc(C(F)(F)F)c1. The van der Waals surface area contributed by atoms with Crippen molar-refractivity contribution in [3.63, 3.8) is 0 Å². The van der Waals surface area contributed by atoms with Crippen LogP contribution in [0.15, 0.2) is 18.3 Å². The molecule has 0 aliphatic rings. The predicted molar refractivity (Wildman–Crippen MR) is 34.6 cm³/mol. The van der Waals surface area contributed by atoms with Crippen molar-refractivity contribution in [2.24, 2.45) is 0 Å². The molecule has 2 nitrogen and oxygen atoms in total. The summed E-state index contributed by atoms with van der Waals surface area (Å²) in [5.74, 6) is 0. The summed E-state index contributed by atoms with van der Waals surface area (Å²) < 4.78 is 35.8. The van der Waals surface area contributed by atoms with E-state index in [1.54, 1.807) is 0 Å². The summed E-state index contributed by atoms with van der Waals surface area (Å²) in [6, 6.07) is 1.91. The lowest BCUT2D eigenvalue weighted by molar-refractivity contribution is -0.141. The van der Waals surface area contributed by atoms with Crippen molar-refractivity contribution in [2.45, 2.75) is 6.18 Å². The molecule has 0 fully saturated rings. The molecular weight excluding hydrogens is 171 g/mol. The lowest BCUT2D eigenvalue weighted by Gasteiger charge is -2.04. The van der Waals surface area contributed by atoms with Crippen LogP contribution in [0.1, 0.15) is 16.1 Å². The lowest BCUT2D eigenvalue weighted by atomic mass is 10.2. The van der Waals surface area contributed by atoms with E-state index in [9.17, 15) is 18.0 Å². The van der Waals surface area contributed by atoms with E-state index in [1.807, 2.05) is 0 Å². The molecule has 5 heteroatoms. The summed E-state index contributed by atoms with van der Waals surface area (Å²) in [6.45, 7) is 0. The number of hydrogen-bond donors (Lipinski definition) is 0. The topological polar surface area (TPSA) is 30.0 Å². The van der Waals surface area contributed by atoms with Gasteiger partial charge in [0, 0.05) is 11.8 Å². The summed E-state index contributed by atoms with van der Waals surface area (Å²) in [6.07, 6.45) is -3.19. The summed E-state index contributed by atoms with van der Waals surface area (Å²) in [7, 11) is 0. The van der Waals surface area contributed by atoms with Gasteiger partial charge >= 0.3 is 6.18 Å². The second kappa shape index (κ2) is 2.92. The Bertz CT molecular complexity index is 295. The Hall–Kier alpha value is -1.39. The fourth-order valence-electron chi connectivity index (χ4n) is 0.675. The van der Waals surface area contributed by atoms with Crippen LogP contribution in [0.25, 0.3) is 0 Å². The van der Waals surface area contributed by atoms with Crippen LogP contribution >= 0.6 is 0 Å². The van der Waals surface area contributed by atoms with Gasteiger partial charge in [0.2, 0.25) is 0 Å². The number of aromatic nitrogens is 1. The molecule has 0 amide bonds.